The Morgan fingerprint density at radius 1 is 0.571 bits per heavy atom. The lowest BCUT2D eigenvalue weighted by molar-refractivity contribution is 0.101. The van der Waals surface area contributed by atoms with Crippen molar-refractivity contribution in [1.82, 2.24) is 0 Å². The summed E-state index contributed by atoms with van der Waals surface area (Å²) < 4.78 is 186. The van der Waals surface area contributed by atoms with Gasteiger partial charge in [-0.1, -0.05) is 0 Å². The summed E-state index contributed by atoms with van der Waals surface area (Å²) >= 11 is 0. The van der Waals surface area contributed by atoms with E-state index >= 15 is 17.6 Å². The number of benzene rings is 5. The highest BCUT2D eigenvalue weighted by molar-refractivity contribution is 7.90. The Morgan fingerprint density at radius 3 is 1.36 bits per heavy atom. The van der Waals surface area contributed by atoms with Crippen LogP contribution in [0.4, 0.5) is 35.1 Å². The van der Waals surface area contributed by atoms with Crippen molar-refractivity contribution in [2.75, 3.05) is 6.26 Å². The van der Waals surface area contributed by atoms with E-state index in [2.05, 4.69) is 0 Å². The van der Waals surface area contributed by atoms with E-state index in [1.165, 1.54) is 38.1 Å². The first-order valence-electron chi connectivity index (χ1n) is 15.9. The summed E-state index contributed by atoms with van der Waals surface area (Å²) in [6.07, 6.45) is 0.920. The molecule has 18 heteroatoms. The molecular weight excluding hydrogens is 801 g/mol. The van der Waals surface area contributed by atoms with E-state index in [1.54, 1.807) is 26.0 Å². The molecule has 5 aromatic carbocycles. The number of ether oxygens (including phenoxy) is 2. The first-order valence-corrected chi connectivity index (χ1v) is 19.4. The Kier molecular flexibility index (Phi) is 11.2. The summed E-state index contributed by atoms with van der Waals surface area (Å²) in [4.78, 5) is 12.5. The average Bonchev–Trinajstić information content (AvgIpc) is 3.09. The summed E-state index contributed by atoms with van der Waals surface area (Å²) in [5, 5.41) is 0. The molecule has 0 unspecified atom stereocenters. The summed E-state index contributed by atoms with van der Waals surface area (Å²) in [6.45, 7) is 6.76. The van der Waals surface area contributed by atoms with Crippen LogP contribution in [-0.2, 0) is 25.7 Å². The molecule has 0 saturated heterocycles. The maximum Gasteiger partial charge on any atom is 0.269 e. The van der Waals surface area contributed by atoms with Crippen LogP contribution in [0.1, 0.15) is 49.3 Å². The van der Waals surface area contributed by atoms with Gasteiger partial charge in [0.25, 0.3) is 10.1 Å². The molecule has 0 amide bonds. The molecule has 0 aliphatic carbocycles. The zero-order chi connectivity index (χ0) is 41.9. The van der Waals surface area contributed by atoms with Crippen molar-refractivity contribution in [3.8, 4) is 34.1 Å². The third-order valence-electron chi connectivity index (χ3n) is 8.63. The lowest BCUT2D eigenvalue weighted by atomic mass is 9.96. The summed E-state index contributed by atoms with van der Waals surface area (Å²) in [6, 6.07) is 9.80. The maximum atomic E-state index is 15.3. The maximum absolute atomic E-state index is 15.3. The molecule has 0 atom stereocenters. The Balaban J connectivity index is 1.49. The largest absolute Gasteiger partial charge is 0.456 e. The van der Waals surface area contributed by atoms with Crippen molar-refractivity contribution >= 4 is 25.7 Å². The van der Waals surface area contributed by atoms with Crippen LogP contribution in [0.3, 0.4) is 0 Å². The van der Waals surface area contributed by atoms with E-state index in [4.69, 9.17) is 9.47 Å². The highest BCUT2D eigenvalue weighted by Gasteiger charge is 2.36. The van der Waals surface area contributed by atoms with Gasteiger partial charge < -0.3 is 9.47 Å². The fourth-order valence-electron chi connectivity index (χ4n) is 5.93. The SMILES string of the molecule is Cc1cc(-c2cc(C)c(Oc3c(F)c(F)c(C(=O)c4c(F)c(F)c(C)c(F)c4F)c(F)c3F)c(C)c2)cc(C)c1Oc1ccc(S(C)(=O)=O)cc1CS(=O)(=O)O. The molecule has 0 aromatic heterocycles. The lowest BCUT2D eigenvalue weighted by Crippen LogP contribution is -2.18. The fourth-order valence-corrected chi connectivity index (χ4v) is 7.22. The second-order valence-corrected chi connectivity index (χ2v) is 16.4. The standard InChI is InChI=1S/C38H28F8O8S2/c1-15-9-20(10-16(2)36(15)53-24-8-7-23(55(6,48)49)13-22(24)14-56(50,51)52)21-11-17(3)37(18(4)12-21)54-38-33(45)31(43)26(32(44)34(38)46)35(47)25-29(41)27(39)19(5)28(40)30(25)42/h7-13H,14H2,1-6H3,(H,50,51,52). The Morgan fingerprint density at radius 2 is 0.964 bits per heavy atom. The molecule has 0 heterocycles. The molecule has 0 spiro atoms. The topological polar surface area (TPSA) is 124 Å². The number of sulfone groups is 1. The number of hydrogen-bond acceptors (Lipinski definition) is 7. The fraction of sp³-hybridized carbons (Fsp3) is 0.184. The molecule has 0 aliphatic rings. The Hall–Kier alpha value is -5.33. The third-order valence-corrected chi connectivity index (χ3v) is 10.4. The van der Waals surface area contributed by atoms with Crippen molar-refractivity contribution < 1.29 is 70.8 Å². The van der Waals surface area contributed by atoms with Gasteiger partial charge in [-0.3, -0.25) is 9.35 Å². The first-order chi connectivity index (χ1) is 25.8. The monoisotopic (exact) mass is 828 g/mol. The van der Waals surface area contributed by atoms with Crippen LogP contribution in [0, 0.1) is 81.2 Å². The second kappa shape index (κ2) is 15.0. The summed E-state index contributed by atoms with van der Waals surface area (Å²) in [7, 11) is -8.35. The number of ketones is 1. The number of rotatable bonds is 10. The van der Waals surface area contributed by atoms with Gasteiger partial charge >= 0.3 is 0 Å². The van der Waals surface area contributed by atoms with Crippen LogP contribution < -0.4 is 9.47 Å². The van der Waals surface area contributed by atoms with Crippen LogP contribution >= 0.6 is 0 Å². The first kappa shape index (κ1) is 41.8. The van der Waals surface area contributed by atoms with Gasteiger partial charge in [0.15, 0.2) is 44.7 Å². The highest BCUT2D eigenvalue weighted by atomic mass is 32.2. The summed E-state index contributed by atoms with van der Waals surface area (Å²) in [5.74, 6) is -23.4. The average molecular weight is 829 g/mol. The zero-order valence-electron chi connectivity index (χ0n) is 29.9. The van der Waals surface area contributed by atoms with Crippen molar-refractivity contribution in [2.24, 2.45) is 0 Å². The van der Waals surface area contributed by atoms with Gasteiger partial charge in [-0.15, -0.1) is 0 Å². The molecule has 8 nitrogen and oxygen atoms in total. The van der Waals surface area contributed by atoms with Crippen molar-refractivity contribution in [1.29, 1.82) is 0 Å². The van der Waals surface area contributed by atoms with Crippen LogP contribution in [0.25, 0.3) is 11.1 Å². The van der Waals surface area contributed by atoms with E-state index in [0.29, 0.717) is 29.2 Å². The van der Waals surface area contributed by atoms with Gasteiger partial charge in [0.2, 0.25) is 23.2 Å². The molecule has 5 aromatic rings. The highest BCUT2D eigenvalue weighted by Crippen LogP contribution is 2.41. The molecular formula is C38H28F8O8S2. The van der Waals surface area contributed by atoms with Gasteiger partial charge in [0.1, 0.15) is 34.1 Å². The predicted molar refractivity (Wildman–Crippen MR) is 186 cm³/mol. The quantitative estimate of drug-likeness (QED) is 0.0639. The molecule has 1 N–H and O–H groups in total. The van der Waals surface area contributed by atoms with Crippen LogP contribution in [0.2, 0.25) is 0 Å². The summed E-state index contributed by atoms with van der Waals surface area (Å²) in [5.41, 5.74) is -3.22. The molecule has 0 bridgehead atoms. The van der Waals surface area contributed by atoms with Crippen molar-refractivity contribution in [3.05, 3.63) is 134 Å². The molecule has 56 heavy (non-hydrogen) atoms. The number of aryl methyl sites for hydroxylation is 4. The van der Waals surface area contributed by atoms with Gasteiger partial charge in [-0.25, -0.2) is 34.8 Å². The second-order valence-electron chi connectivity index (χ2n) is 12.9. The molecule has 0 fully saturated rings. The Bertz CT molecular complexity index is 2630. The number of carbonyl (C=O) groups excluding carboxylic acids is 1. The molecule has 0 aliphatic heterocycles. The van der Waals surface area contributed by atoms with Crippen LogP contribution in [0.15, 0.2) is 47.4 Å². The molecule has 296 valence electrons. The van der Waals surface area contributed by atoms with E-state index < -0.39 is 100 Å². The predicted octanol–water partition coefficient (Wildman–Crippen LogP) is 9.62. The van der Waals surface area contributed by atoms with Crippen LogP contribution in [0.5, 0.6) is 23.0 Å². The smallest absolute Gasteiger partial charge is 0.269 e. The number of halogens is 8. The van der Waals surface area contributed by atoms with E-state index in [0.717, 1.165) is 12.3 Å². The minimum atomic E-state index is -4.61. The van der Waals surface area contributed by atoms with Gasteiger partial charge in [-0.2, -0.15) is 17.2 Å². The number of hydrogen-bond donors (Lipinski definition) is 1. The molecule has 0 radical (unpaired) electrons. The zero-order valence-corrected chi connectivity index (χ0v) is 31.5. The minimum Gasteiger partial charge on any atom is -0.456 e. The Labute approximate surface area is 315 Å². The third kappa shape index (κ3) is 7.85. The van der Waals surface area contributed by atoms with Crippen molar-refractivity contribution in [2.45, 2.75) is 45.3 Å². The lowest BCUT2D eigenvalue weighted by Gasteiger charge is -2.19. The molecule has 5 rings (SSSR count). The minimum absolute atomic E-state index is 0.0517. The normalized spacial score (nSPS) is 11.9. The van der Waals surface area contributed by atoms with Crippen LogP contribution in [-0.4, -0.2) is 33.4 Å². The van der Waals surface area contributed by atoms with E-state index in [9.17, 15) is 43.7 Å². The van der Waals surface area contributed by atoms with E-state index in [1.807, 2.05) is 0 Å². The van der Waals surface area contributed by atoms with Gasteiger partial charge in [0, 0.05) is 17.4 Å². The van der Waals surface area contributed by atoms with E-state index in [-0.39, 0.29) is 38.8 Å². The van der Waals surface area contributed by atoms with Crippen molar-refractivity contribution in [3.63, 3.8) is 0 Å². The van der Waals surface area contributed by atoms with Gasteiger partial charge in [0.05, 0.1) is 4.90 Å². The number of carbonyl (C=O) groups is 1. The molecule has 0 saturated carbocycles. The van der Waals surface area contributed by atoms with Gasteiger partial charge in [-0.05, 0) is 110 Å².